The molecule has 116 valence electrons. The monoisotopic (exact) mass is 294 g/mol. The summed E-state index contributed by atoms with van der Waals surface area (Å²) in [6.45, 7) is 1.91. The van der Waals surface area contributed by atoms with Crippen molar-refractivity contribution in [3.8, 4) is 0 Å². The zero-order valence-corrected chi connectivity index (χ0v) is 11.6. The second kappa shape index (κ2) is 6.28. The number of aliphatic imine (C=N–C) groups is 1. The van der Waals surface area contributed by atoms with Gasteiger partial charge >= 0.3 is 6.18 Å². The van der Waals surface area contributed by atoms with E-state index in [9.17, 15) is 13.2 Å². The van der Waals surface area contributed by atoms with E-state index in [4.69, 9.17) is 10.5 Å². The quantitative estimate of drug-likeness (QED) is 0.796. The van der Waals surface area contributed by atoms with Crippen LogP contribution in [0.4, 0.5) is 13.2 Å². The minimum absolute atomic E-state index is 0.00368. The number of halogens is 3. The second-order valence-electron chi connectivity index (χ2n) is 5.43. The Hall–Kier alpha value is -0.860. The molecule has 2 aliphatic rings. The lowest BCUT2D eigenvalue weighted by molar-refractivity contribution is -0.118. The molecule has 2 fully saturated rings. The van der Waals surface area contributed by atoms with Gasteiger partial charge in [-0.2, -0.15) is 13.2 Å². The van der Waals surface area contributed by atoms with E-state index in [-0.39, 0.29) is 12.1 Å². The van der Waals surface area contributed by atoms with Crippen LogP contribution in [0.5, 0.6) is 0 Å². The number of hydrogen-bond acceptors (Lipinski definition) is 4. The molecule has 0 unspecified atom stereocenters. The molecule has 0 saturated carbocycles. The third-order valence-electron chi connectivity index (χ3n) is 3.68. The molecule has 0 radical (unpaired) electrons. The number of rotatable bonds is 2. The van der Waals surface area contributed by atoms with E-state index < -0.39 is 12.7 Å². The summed E-state index contributed by atoms with van der Waals surface area (Å²) < 4.78 is 42.2. The molecule has 8 heteroatoms. The minimum atomic E-state index is -4.26. The average Bonchev–Trinajstić information content (AvgIpc) is 2.37. The van der Waals surface area contributed by atoms with Gasteiger partial charge in [-0.15, -0.1) is 0 Å². The van der Waals surface area contributed by atoms with Crippen molar-refractivity contribution in [2.24, 2.45) is 10.7 Å². The van der Waals surface area contributed by atoms with Gasteiger partial charge in [0.15, 0.2) is 0 Å². The molecule has 2 heterocycles. The van der Waals surface area contributed by atoms with Crippen LogP contribution >= 0.6 is 0 Å². The van der Waals surface area contributed by atoms with Crippen molar-refractivity contribution < 1.29 is 17.9 Å². The number of alkyl halides is 3. The molecule has 2 N–H and O–H groups in total. The Kier molecular flexibility index (Phi) is 4.87. The first-order chi connectivity index (χ1) is 9.35. The van der Waals surface area contributed by atoms with Crippen LogP contribution in [0.1, 0.15) is 6.42 Å². The van der Waals surface area contributed by atoms with Gasteiger partial charge in [0.05, 0.1) is 19.8 Å². The maximum Gasteiger partial charge on any atom is 0.408 e. The zero-order valence-electron chi connectivity index (χ0n) is 11.6. The summed E-state index contributed by atoms with van der Waals surface area (Å²) in [5.41, 5.74) is 5.87. The summed E-state index contributed by atoms with van der Waals surface area (Å²) in [5, 5.41) is 0. The largest absolute Gasteiger partial charge is 0.408 e. The molecule has 0 aromatic rings. The number of ether oxygens (including phenoxy) is 1. The van der Waals surface area contributed by atoms with Gasteiger partial charge in [-0.3, -0.25) is 9.89 Å². The van der Waals surface area contributed by atoms with E-state index in [2.05, 4.69) is 9.89 Å². The molecule has 2 rings (SSSR count). The molecular formula is C12H21F3N4O. The lowest BCUT2D eigenvalue weighted by Gasteiger charge is -2.41. The van der Waals surface area contributed by atoms with Crippen molar-refractivity contribution in [2.45, 2.75) is 24.7 Å². The van der Waals surface area contributed by atoms with Gasteiger partial charge in [0.2, 0.25) is 0 Å². The molecule has 2 aliphatic heterocycles. The van der Waals surface area contributed by atoms with Gasteiger partial charge in [-0.05, 0) is 6.42 Å². The zero-order chi connectivity index (χ0) is 14.8. The number of piperazine rings is 1. The topological polar surface area (TPSA) is 54.1 Å². The average molecular weight is 294 g/mol. The number of nitrogens with two attached hydrogens (primary N) is 1. The molecule has 0 aliphatic carbocycles. The molecule has 0 aromatic heterocycles. The third-order valence-corrected chi connectivity index (χ3v) is 3.68. The highest BCUT2D eigenvalue weighted by Gasteiger charge is 2.31. The van der Waals surface area contributed by atoms with Crippen LogP contribution < -0.4 is 5.73 Å². The Bertz CT molecular complexity index is 361. The van der Waals surface area contributed by atoms with E-state index in [0.717, 1.165) is 13.0 Å². The highest BCUT2D eigenvalue weighted by atomic mass is 19.4. The van der Waals surface area contributed by atoms with Crippen molar-refractivity contribution in [2.75, 3.05) is 46.4 Å². The Morgan fingerprint density at radius 1 is 1.35 bits per heavy atom. The lowest BCUT2D eigenvalue weighted by Crippen LogP contribution is -2.56. The summed E-state index contributed by atoms with van der Waals surface area (Å²) in [6, 6.07) is 0.174. The molecule has 0 spiro atoms. The predicted molar refractivity (Wildman–Crippen MR) is 69.8 cm³/mol. The lowest BCUT2D eigenvalue weighted by atomic mass is 10.0. The molecular weight excluding hydrogens is 273 g/mol. The fraction of sp³-hybridized carbons (Fsp3) is 0.917. The van der Waals surface area contributed by atoms with Crippen LogP contribution in [0.15, 0.2) is 4.99 Å². The standard InChI is InChI=1S/C12H21F3N4O/c1-18-2-3-19(10-4-9(16)6-20-7-10)5-11(18)17-8-12(13,14)15/h9-10H,2-8,16H2,1H3/t9-,10+/m0/s1. The highest BCUT2D eigenvalue weighted by Crippen LogP contribution is 2.18. The van der Waals surface area contributed by atoms with Crippen LogP contribution in [-0.2, 0) is 4.74 Å². The van der Waals surface area contributed by atoms with E-state index in [1.807, 2.05) is 0 Å². The van der Waals surface area contributed by atoms with Crippen LogP contribution in [0.2, 0.25) is 0 Å². The summed E-state index contributed by atoms with van der Waals surface area (Å²) in [6.07, 6.45) is -3.44. The van der Waals surface area contributed by atoms with Gasteiger partial charge in [-0.1, -0.05) is 0 Å². The second-order valence-corrected chi connectivity index (χ2v) is 5.43. The molecule has 2 saturated heterocycles. The van der Waals surface area contributed by atoms with Gasteiger partial charge in [0.1, 0.15) is 12.4 Å². The summed E-state index contributed by atoms with van der Waals surface area (Å²) in [4.78, 5) is 7.61. The maximum absolute atomic E-state index is 12.3. The number of likely N-dealkylation sites (N-methyl/N-ethyl adjacent to an activating group) is 1. The summed E-state index contributed by atoms with van der Waals surface area (Å²) in [7, 11) is 1.77. The third kappa shape index (κ3) is 4.32. The Morgan fingerprint density at radius 2 is 2.10 bits per heavy atom. The summed E-state index contributed by atoms with van der Waals surface area (Å²) in [5.74, 6) is 0.479. The van der Waals surface area contributed by atoms with Gasteiger partial charge in [-0.25, -0.2) is 0 Å². The van der Waals surface area contributed by atoms with E-state index in [1.54, 1.807) is 11.9 Å². The minimum Gasteiger partial charge on any atom is -0.378 e. The molecule has 0 amide bonds. The molecule has 5 nitrogen and oxygen atoms in total. The Morgan fingerprint density at radius 3 is 2.75 bits per heavy atom. The van der Waals surface area contributed by atoms with Crippen LogP contribution in [-0.4, -0.2) is 80.3 Å². The number of hydrogen-bond donors (Lipinski definition) is 1. The fourth-order valence-electron chi connectivity index (χ4n) is 2.55. The summed E-state index contributed by atoms with van der Waals surface area (Å²) >= 11 is 0. The van der Waals surface area contributed by atoms with Crippen molar-refractivity contribution in [1.82, 2.24) is 9.80 Å². The molecule has 20 heavy (non-hydrogen) atoms. The highest BCUT2D eigenvalue weighted by molar-refractivity contribution is 5.84. The van der Waals surface area contributed by atoms with Crippen molar-refractivity contribution >= 4 is 5.84 Å². The normalized spacial score (nSPS) is 31.9. The smallest absolute Gasteiger partial charge is 0.378 e. The van der Waals surface area contributed by atoms with Crippen molar-refractivity contribution in [1.29, 1.82) is 0 Å². The first-order valence-corrected chi connectivity index (χ1v) is 6.74. The van der Waals surface area contributed by atoms with Gasteiger partial charge in [0, 0.05) is 32.2 Å². The Balaban J connectivity index is 1.96. The van der Waals surface area contributed by atoms with Crippen molar-refractivity contribution in [3.63, 3.8) is 0 Å². The molecule has 0 bridgehead atoms. The van der Waals surface area contributed by atoms with E-state index >= 15 is 0 Å². The van der Waals surface area contributed by atoms with E-state index in [1.165, 1.54) is 0 Å². The SMILES string of the molecule is CN1CCN([C@H]2COC[C@@H](N)C2)CC1=NCC(F)(F)F. The maximum atomic E-state index is 12.3. The fourth-order valence-corrected chi connectivity index (χ4v) is 2.55. The number of nitrogens with zero attached hydrogens (tertiary/aromatic N) is 3. The van der Waals surface area contributed by atoms with Gasteiger partial charge < -0.3 is 15.4 Å². The molecule has 0 aromatic carbocycles. The van der Waals surface area contributed by atoms with E-state index in [0.29, 0.717) is 32.1 Å². The van der Waals surface area contributed by atoms with Crippen LogP contribution in [0, 0.1) is 0 Å². The first-order valence-electron chi connectivity index (χ1n) is 6.74. The number of amidine groups is 1. The van der Waals surface area contributed by atoms with Crippen molar-refractivity contribution in [3.05, 3.63) is 0 Å². The van der Waals surface area contributed by atoms with Crippen LogP contribution in [0.25, 0.3) is 0 Å². The van der Waals surface area contributed by atoms with Crippen LogP contribution in [0.3, 0.4) is 0 Å². The first kappa shape index (κ1) is 15.5. The Labute approximate surface area is 116 Å². The molecule has 2 atom stereocenters. The predicted octanol–water partition coefficient (Wildman–Crippen LogP) is 0.311. The van der Waals surface area contributed by atoms with Gasteiger partial charge in [0.25, 0.3) is 0 Å².